The molecular formula is C16H24F2N2O2S. The summed E-state index contributed by atoms with van der Waals surface area (Å²) < 4.78 is 47.8. The van der Waals surface area contributed by atoms with Crippen molar-refractivity contribution < 1.29 is 17.2 Å². The van der Waals surface area contributed by atoms with Gasteiger partial charge in [-0.1, -0.05) is 12.8 Å². The van der Waals surface area contributed by atoms with Crippen LogP contribution < -0.4 is 5.32 Å². The predicted octanol–water partition coefficient (Wildman–Crippen LogP) is 3.22. The summed E-state index contributed by atoms with van der Waals surface area (Å²) in [4.78, 5) is 1.84. The molecule has 0 spiro atoms. The highest BCUT2D eigenvalue weighted by molar-refractivity contribution is 7.91. The van der Waals surface area contributed by atoms with Crippen LogP contribution in [0.1, 0.15) is 25.7 Å². The zero-order valence-corrected chi connectivity index (χ0v) is 14.4. The maximum atomic E-state index is 12.5. The summed E-state index contributed by atoms with van der Waals surface area (Å²) in [5, 5.41) is 3.33. The molecule has 4 nitrogen and oxygen atoms in total. The van der Waals surface area contributed by atoms with E-state index < -0.39 is 15.6 Å². The van der Waals surface area contributed by atoms with Crippen LogP contribution in [0.25, 0.3) is 0 Å². The van der Waals surface area contributed by atoms with Crippen LogP contribution in [0, 0.1) is 5.41 Å². The molecule has 0 atom stereocenters. The van der Waals surface area contributed by atoms with Gasteiger partial charge >= 0.3 is 5.76 Å². The molecule has 0 bridgehead atoms. The van der Waals surface area contributed by atoms with E-state index in [0.717, 1.165) is 31.6 Å². The van der Waals surface area contributed by atoms with Crippen LogP contribution in [0.5, 0.6) is 0 Å². The van der Waals surface area contributed by atoms with Gasteiger partial charge in [-0.15, -0.1) is 0 Å². The number of halogens is 2. The van der Waals surface area contributed by atoms with Gasteiger partial charge in [0.15, 0.2) is 0 Å². The van der Waals surface area contributed by atoms with Crippen molar-refractivity contribution >= 4 is 15.5 Å². The molecule has 1 fully saturated rings. The normalized spacial score (nSPS) is 17.8. The highest BCUT2D eigenvalue weighted by atomic mass is 32.2. The number of nitrogens with zero attached hydrogens (tertiary/aromatic N) is 1. The lowest BCUT2D eigenvalue weighted by Crippen LogP contribution is -2.37. The van der Waals surface area contributed by atoms with Gasteiger partial charge in [-0.3, -0.25) is 0 Å². The molecule has 2 rings (SSSR count). The van der Waals surface area contributed by atoms with E-state index in [1.165, 1.54) is 25.0 Å². The molecule has 0 heterocycles. The predicted molar refractivity (Wildman–Crippen MR) is 87.6 cm³/mol. The Morgan fingerprint density at radius 3 is 2.22 bits per heavy atom. The largest absolute Gasteiger partial charge is 0.384 e. The molecule has 1 aromatic rings. The minimum absolute atomic E-state index is 0.219. The first-order valence-corrected chi connectivity index (χ1v) is 9.31. The lowest BCUT2D eigenvalue weighted by atomic mass is 9.85. The van der Waals surface area contributed by atoms with Gasteiger partial charge in [-0.25, -0.2) is 8.42 Å². The fraction of sp³-hybridized carbons (Fsp3) is 0.625. The Morgan fingerprint density at radius 2 is 1.74 bits per heavy atom. The molecule has 1 aliphatic carbocycles. The monoisotopic (exact) mass is 346 g/mol. The first-order chi connectivity index (χ1) is 10.8. The molecular weight excluding hydrogens is 322 g/mol. The molecule has 1 N–H and O–H groups in total. The summed E-state index contributed by atoms with van der Waals surface area (Å²) in [6.07, 6.45) is 4.77. The van der Waals surface area contributed by atoms with Crippen molar-refractivity contribution in [3.63, 3.8) is 0 Å². The maximum absolute atomic E-state index is 12.5. The van der Waals surface area contributed by atoms with Crippen molar-refractivity contribution in [3.8, 4) is 0 Å². The highest BCUT2D eigenvalue weighted by Crippen LogP contribution is 2.38. The SMILES string of the molecule is CN(C)CC1(CNc2ccc(S(=O)(=O)C(F)F)cc2)CCCC1. The van der Waals surface area contributed by atoms with Crippen LogP contribution >= 0.6 is 0 Å². The number of rotatable bonds is 7. The van der Waals surface area contributed by atoms with Gasteiger partial charge in [0.05, 0.1) is 4.90 Å². The molecule has 23 heavy (non-hydrogen) atoms. The molecule has 0 saturated heterocycles. The molecule has 0 radical (unpaired) electrons. The Morgan fingerprint density at radius 1 is 1.17 bits per heavy atom. The number of hydrogen-bond acceptors (Lipinski definition) is 4. The lowest BCUT2D eigenvalue weighted by molar-refractivity contribution is 0.215. The molecule has 1 saturated carbocycles. The second-order valence-electron chi connectivity index (χ2n) is 6.63. The van der Waals surface area contributed by atoms with Crippen molar-refractivity contribution in [2.45, 2.75) is 36.3 Å². The van der Waals surface area contributed by atoms with E-state index in [9.17, 15) is 17.2 Å². The van der Waals surface area contributed by atoms with E-state index in [1.807, 2.05) is 0 Å². The van der Waals surface area contributed by atoms with Gasteiger partial charge < -0.3 is 10.2 Å². The standard InChI is InChI=1S/C16H24F2N2O2S/c1-20(2)12-16(9-3-4-10-16)11-19-13-5-7-14(8-6-13)23(21,22)15(17)18/h5-8,15,19H,3-4,9-12H2,1-2H3. The molecule has 130 valence electrons. The third kappa shape index (κ3) is 4.41. The maximum Gasteiger partial charge on any atom is 0.341 e. The van der Waals surface area contributed by atoms with Crippen LogP contribution in [-0.2, 0) is 9.84 Å². The molecule has 1 aromatic carbocycles. The summed E-state index contributed by atoms with van der Waals surface area (Å²) >= 11 is 0. The Hall–Kier alpha value is -1.21. The van der Waals surface area contributed by atoms with Gasteiger partial charge in [-0.05, 0) is 51.2 Å². The van der Waals surface area contributed by atoms with E-state index in [0.29, 0.717) is 0 Å². The lowest BCUT2D eigenvalue weighted by Gasteiger charge is -2.32. The molecule has 0 aromatic heterocycles. The fourth-order valence-corrected chi connectivity index (χ4v) is 4.06. The van der Waals surface area contributed by atoms with E-state index >= 15 is 0 Å². The number of sulfone groups is 1. The first kappa shape index (κ1) is 18.1. The van der Waals surface area contributed by atoms with Crippen LogP contribution in [0.3, 0.4) is 0 Å². The van der Waals surface area contributed by atoms with Crippen LogP contribution in [-0.4, -0.2) is 46.3 Å². The van der Waals surface area contributed by atoms with Crippen molar-refractivity contribution in [1.82, 2.24) is 4.90 Å². The van der Waals surface area contributed by atoms with Crippen molar-refractivity contribution in [1.29, 1.82) is 0 Å². The Bertz CT molecular complexity index is 609. The molecule has 1 aliphatic rings. The molecule has 0 aliphatic heterocycles. The smallest absolute Gasteiger partial charge is 0.341 e. The van der Waals surface area contributed by atoms with Crippen molar-refractivity contribution in [2.75, 3.05) is 32.5 Å². The number of anilines is 1. The van der Waals surface area contributed by atoms with Crippen molar-refractivity contribution in [3.05, 3.63) is 24.3 Å². The zero-order valence-electron chi connectivity index (χ0n) is 13.6. The third-order valence-electron chi connectivity index (χ3n) is 4.40. The topological polar surface area (TPSA) is 49.4 Å². The van der Waals surface area contributed by atoms with Gasteiger partial charge in [0, 0.05) is 24.2 Å². The van der Waals surface area contributed by atoms with E-state index in [-0.39, 0.29) is 10.3 Å². The third-order valence-corrected chi connectivity index (χ3v) is 5.80. The molecule has 0 amide bonds. The summed E-state index contributed by atoms with van der Waals surface area (Å²) in [7, 11) is -0.401. The minimum Gasteiger partial charge on any atom is -0.384 e. The molecule has 7 heteroatoms. The van der Waals surface area contributed by atoms with Gasteiger partial charge in [0.1, 0.15) is 0 Å². The van der Waals surface area contributed by atoms with Crippen molar-refractivity contribution in [2.24, 2.45) is 5.41 Å². The van der Waals surface area contributed by atoms with Gasteiger partial charge in [0.25, 0.3) is 0 Å². The minimum atomic E-state index is -4.52. The first-order valence-electron chi connectivity index (χ1n) is 7.76. The Labute approximate surface area is 136 Å². The second-order valence-corrected chi connectivity index (χ2v) is 8.55. The quantitative estimate of drug-likeness (QED) is 0.824. The summed E-state index contributed by atoms with van der Waals surface area (Å²) in [6.45, 7) is 1.80. The Balaban J connectivity index is 2.04. The zero-order chi connectivity index (χ0) is 17.1. The number of nitrogens with one attached hydrogen (secondary N) is 1. The van der Waals surface area contributed by atoms with Crippen LogP contribution in [0.4, 0.5) is 14.5 Å². The summed E-state index contributed by atoms with van der Waals surface area (Å²) in [5.41, 5.74) is 0.972. The molecule has 0 unspecified atom stereocenters. The van der Waals surface area contributed by atoms with E-state index in [1.54, 1.807) is 12.1 Å². The summed E-state index contributed by atoms with van der Waals surface area (Å²) in [5.74, 6) is -3.39. The number of hydrogen-bond donors (Lipinski definition) is 1. The average Bonchev–Trinajstić information content (AvgIpc) is 2.93. The van der Waals surface area contributed by atoms with E-state index in [2.05, 4.69) is 24.3 Å². The second kappa shape index (κ2) is 7.13. The number of alkyl halides is 2. The Kier molecular flexibility index (Phi) is 5.62. The van der Waals surface area contributed by atoms with Crippen LogP contribution in [0.2, 0.25) is 0 Å². The summed E-state index contributed by atoms with van der Waals surface area (Å²) in [6, 6.07) is 5.56. The van der Waals surface area contributed by atoms with Gasteiger partial charge in [0.2, 0.25) is 9.84 Å². The highest BCUT2D eigenvalue weighted by Gasteiger charge is 2.34. The van der Waals surface area contributed by atoms with E-state index in [4.69, 9.17) is 0 Å². The van der Waals surface area contributed by atoms with Gasteiger partial charge in [-0.2, -0.15) is 8.78 Å². The average molecular weight is 346 g/mol. The number of benzene rings is 1. The fourth-order valence-electron chi connectivity index (χ4n) is 3.34. The van der Waals surface area contributed by atoms with Crippen LogP contribution in [0.15, 0.2) is 29.2 Å².